The molecule has 0 heterocycles. The molecule has 0 radical (unpaired) electrons. The molecule has 0 bridgehead atoms. The van der Waals surface area contributed by atoms with Crippen LogP contribution in [0.15, 0.2) is 36.4 Å². The molecular formula is C16H18N2O3. The number of amides is 1. The van der Waals surface area contributed by atoms with Gasteiger partial charge in [-0.1, -0.05) is 0 Å². The van der Waals surface area contributed by atoms with Crippen molar-refractivity contribution in [3.8, 4) is 11.5 Å². The lowest BCUT2D eigenvalue weighted by Crippen LogP contribution is -2.14. The summed E-state index contributed by atoms with van der Waals surface area (Å²) in [5.74, 6) is 1.07. The number of nitrogens with one attached hydrogen (secondary N) is 1. The molecule has 1 amide bonds. The standard InChI is InChI=1S/C16H18N2O3/c1-10-8-11(4-7-15(10)21-3)18-16(19)13-9-12(20-2)5-6-14(13)17/h4-9H,17H2,1-3H3,(H,18,19). The number of hydrogen-bond donors (Lipinski definition) is 2. The lowest BCUT2D eigenvalue weighted by molar-refractivity contribution is 0.102. The van der Waals surface area contributed by atoms with E-state index in [4.69, 9.17) is 15.2 Å². The van der Waals surface area contributed by atoms with Crippen LogP contribution in [0, 0.1) is 6.92 Å². The Hall–Kier alpha value is -2.69. The fraction of sp³-hybridized carbons (Fsp3) is 0.188. The number of anilines is 2. The van der Waals surface area contributed by atoms with E-state index in [1.165, 1.54) is 0 Å². The Kier molecular flexibility index (Phi) is 4.33. The van der Waals surface area contributed by atoms with Crippen molar-refractivity contribution in [3.05, 3.63) is 47.5 Å². The van der Waals surface area contributed by atoms with Gasteiger partial charge in [0.05, 0.1) is 19.8 Å². The first-order valence-electron chi connectivity index (χ1n) is 6.44. The molecule has 0 saturated carbocycles. The van der Waals surface area contributed by atoms with Crippen LogP contribution in [0.4, 0.5) is 11.4 Å². The third-order valence-electron chi connectivity index (χ3n) is 3.16. The normalized spacial score (nSPS) is 10.0. The van der Waals surface area contributed by atoms with E-state index < -0.39 is 0 Å². The molecule has 2 aromatic rings. The highest BCUT2D eigenvalue weighted by Gasteiger charge is 2.12. The second kappa shape index (κ2) is 6.17. The average Bonchev–Trinajstić information content (AvgIpc) is 2.48. The van der Waals surface area contributed by atoms with Gasteiger partial charge in [0.2, 0.25) is 0 Å². The van der Waals surface area contributed by atoms with Crippen molar-refractivity contribution >= 4 is 17.3 Å². The molecule has 21 heavy (non-hydrogen) atoms. The third kappa shape index (κ3) is 3.25. The highest BCUT2D eigenvalue weighted by molar-refractivity contribution is 6.08. The summed E-state index contributed by atoms with van der Waals surface area (Å²) < 4.78 is 10.3. The predicted octanol–water partition coefficient (Wildman–Crippen LogP) is 2.85. The number of benzene rings is 2. The maximum Gasteiger partial charge on any atom is 0.257 e. The van der Waals surface area contributed by atoms with Crippen molar-refractivity contribution in [2.75, 3.05) is 25.3 Å². The molecule has 5 heteroatoms. The molecule has 0 unspecified atom stereocenters. The number of carbonyl (C=O) groups excluding carboxylic acids is 1. The zero-order chi connectivity index (χ0) is 15.4. The highest BCUT2D eigenvalue weighted by Crippen LogP contribution is 2.24. The molecule has 0 saturated heterocycles. The van der Waals surface area contributed by atoms with Crippen molar-refractivity contribution in [3.63, 3.8) is 0 Å². The number of carbonyl (C=O) groups is 1. The van der Waals surface area contributed by atoms with Gasteiger partial charge in [0.15, 0.2) is 0 Å². The lowest BCUT2D eigenvalue weighted by atomic mass is 10.1. The Balaban J connectivity index is 2.23. The van der Waals surface area contributed by atoms with E-state index in [1.54, 1.807) is 44.6 Å². The third-order valence-corrected chi connectivity index (χ3v) is 3.16. The molecule has 2 aromatic carbocycles. The average molecular weight is 286 g/mol. The largest absolute Gasteiger partial charge is 0.497 e. The first kappa shape index (κ1) is 14.7. The Labute approximate surface area is 123 Å². The molecule has 3 N–H and O–H groups in total. The summed E-state index contributed by atoms with van der Waals surface area (Å²) in [7, 11) is 3.15. The fourth-order valence-corrected chi connectivity index (χ4v) is 2.01. The number of nitrogen functional groups attached to an aromatic ring is 1. The summed E-state index contributed by atoms with van der Waals surface area (Å²) in [6, 6.07) is 10.4. The Morgan fingerprint density at radius 2 is 1.86 bits per heavy atom. The van der Waals surface area contributed by atoms with Crippen LogP contribution < -0.4 is 20.5 Å². The van der Waals surface area contributed by atoms with E-state index in [0.717, 1.165) is 11.3 Å². The van der Waals surface area contributed by atoms with Gasteiger partial charge in [0.1, 0.15) is 11.5 Å². The molecule has 0 fully saturated rings. The van der Waals surface area contributed by atoms with E-state index >= 15 is 0 Å². The minimum atomic E-state index is -0.282. The summed E-state index contributed by atoms with van der Waals surface area (Å²) in [6.07, 6.45) is 0. The van der Waals surface area contributed by atoms with Crippen molar-refractivity contribution in [1.29, 1.82) is 0 Å². The van der Waals surface area contributed by atoms with E-state index in [9.17, 15) is 4.79 Å². The lowest BCUT2D eigenvalue weighted by Gasteiger charge is -2.11. The van der Waals surface area contributed by atoms with Crippen LogP contribution in [0.3, 0.4) is 0 Å². The molecule has 0 spiro atoms. The van der Waals surface area contributed by atoms with Crippen LogP contribution in [0.5, 0.6) is 11.5 Å². The first-order valence-corrected chi connectivity index (χ1v) is 6.44. The van der Waals surface area contributed by atoms with Gasteiger partial charge in [-0.3, -0.25) is 4.79 Å². The summed E-state index contributed by atoms with van der Waals surface area (Å²) >= 11 is 0. The van der Waals surface area contributed by atoms with Crippen LogP contribution in [-0.2, 0) is 0 Å². The van der Waals surface area contributed by atoms with Crippen LogP contribution in [-0.4, -0.2) is 20.1 Å². The highest BCUT2D eigenvalue weighted by atomic mass is 16.5. The van der Waals surface area contributed by atoms with Crippen LogP contribution >= 0.6 is 0 Å². The van der Waals surface area contributed by atoms with Crippen molar-refractivity contribution < 1.29 is 14.3 Å². The van der Waals surface area contributed by atoms with Crippen molar-refractivity contribution in [1.82, 2.24) is 0 Å². The monoisotopic (exact) mass is 286 g/mol. The molecule has 0 aromatic heterocycles. The zero-order valence-electron chi connectivity index (χ0n) is 12.3. The van der Waals surface area contributed by atoms with Crippen LogP contribution in [0.25, 0.3) is 0 Å². The van der Waals surface area contributed by atoms with Gasteiger partial charge in [-0.15, -0.1) is 0 Å². The maximum atomic E-state index is 12.3. The minimum Gasteiger partial charge on any atom is -0.497 e. The molecule has 5 nitrogen and oxygen atoms in total. The number of hydrogen-bond acceptors (Lipinski definition) is 4. The van der Waals surface area contributed by atoms with E-state index in [-0.39, 0.29) is 5.91 Å². The van der Waals surface area contributed by atoms with Crippen LogP contribution in [0.2, 0.25) is 0 Å². The van der Waals surface area contributed by atoms with Gasteiger partial charge < -0.3 is 20.5 Å². The second-order valence-corrected chi connectivity index (χ2v) is 4.59. The Morgan fingerprint density at radius 3 is 2.48 bits per heavy atom. The van der Waals surface area contributed by atoms with Crippen molar-refractivity contribution in [2.24, 2.45) is 0 Å². The van der Waals surface area contributed by atoms with E-state index in [2.05, 4.69) is 5.32 Å². The topological polar surface area (TPSA) is 73.6 Å². The number of aryl methyl sites for hydroxylation is 1. The van der Waals surface area contributed by atoms with E-state index in [0.29, 0.717) is 22.7 Å². The SMILES string of the molecule is COc1ccc(N)c(C(=O)Nc2ccc(OC)c(C)c2)c1. The molecular weight excluding hydrogens is 268 g/mol. The Morgan fingerprint density at radius 1 is 1.10 bits per heavy atom. The molecule has 0 aliphatic carbocycles. The maximum absolute atomic E-state index is 12.3. The summed E-state index contributed by atoms with van der Waals surface area (Å²) in [5, 5.41) is 2.81. The first-order chi connectivity index (χ1) is 10.0. The summed E-state index contributed by atoms with van der Waals surface area (Å²) in [5.41, 5.74) is 8.24. The van der Waals surface area contributed by atoms with Gasteiger partial charge in [-0.05, 0) is 48.9 Å². The van der Waals surface area contributed by atoms with Gasteiger partial charge in [-0.2, -0.15) is 0 Å². The smallest absolute Gasteiger partial charge is 0.257 e. The molecule has 0 aliphatic rings. The van der Waals surface area contributed by atoms with Gasteiger partial charge in [0.25, 0.3) is 5.91 Å². The van der Waals surface area contributed by atoms with Crippen molar-refractivity contribution in [2.45, 2.75) is 6.92 Å². The quantitative estimate of drug-likeness (QED) is 0.848. The molecule has 2 rings (SSSR count). The predicted molar refractivity (Wildman–Crippen MR) is 83.1 cm³/mol. The Bertz CT molecular complexity index is 669. The molecule has 0 aliphatic heterocycles. The van der Waals surface area contributed by atoms with Gasteiger partial charge >= 0.3 is 0 Å². The molecule has 110 valence electrons. The second-order valence-electron chi connectivity index (χ2n) is 4.59. The number of nitrogens with two attached hydrogens (primary N) is 1. The molecule has 0 atom stereocenters. The number of methoxy groups -OCH3 is 2. The fourth-order valence-electron chi connectivity index (χ4n) is 2.01. The van der Waals surface area contributed by atoms with Crippen LogP contribution in [0.1, 0.15) is 15.9 Å². The summed E-state index contributed by atoms with van der Waals surface area (Å²) in [6.45, 7) is 1.91. The number of ether oxygens (including phenoxy) is 2. The number of rotatable bonds is 4. The summed E-state index contributed by atoms with van der Waals surface area (Å²) in [4.78, 5) is 12.3. The van der Waals surface area contributed by atoms with Gasteiger partial charge in [0, 0.05) is 11.4 Å². The minimum absolute atomic E-state index is 0.282. The van der Waals surface area contributed by atoms with Gasteiger partial charge in [-0.25, -0.2) is 0 Å². The van der Waals surface area contributed by atoms with E-state index in [1.807, 2.05) is 13.0 Å². The zero-order valence-corrected chi connectivity index (χ0v) is 12.3.